The quantitative estimate of drug-likeness (QED) is 0.467. The van der Waals surface area contributed by atoms with Gasteiger partial charge in [0.05, 0.1) is 19.4 Å². The minimum absolute atomic E-state index is 0.583. The van der Waals surface area contributed by atoms with Crippen LogP contribution in [0.1, 0.15) is 12.5 Å². The zero-order chi connectivity index (χ0) is 11.3. The lowest BCUT2D eigenvalue weighted by atomic mass is 10.2. The van der Waals surface area contributed by atoms with Crippen molar-refractivity contribution >= 4 is 11.6 Å². The summed E-state index contributed by atoms with van der Waals surface area (Å²) in [5.74, 6) is 1.23. The Bertz CT molecular complexity index is 362. The monoisotopic (exact) mass is 208 g/mol. The predicted octanol–water partition coefficient (Wildman–Crippen LogP) is 1.69. The van der Waals surface area contributed by atoms with Gasteiger partial charge in [0.2, 0.25) is 5.90 Å². The number of nitrogen functional groups attached to an aromatic ring is 1. The van der Waals surface area contributed by atoms with Crippen molar-refractivity contribution in [3.05, 3.63) is 23.8 Å². The molecular weight excluding hydrogens is 192 g/mol. The summed E-state index contributed by atoms with van der Waals surface area (Å²) >= 11 is 0. The highest BCUT2D eigenvalue weighted by Gasteiger charge is 2.06. The fourth-order valence-electron chi connectivity index (χ4n) is 1.26. The Morgan fingerprint density at radius 2 is 2.20 bits per heavy atom. The van der Waals surface area contributed by atoms with Crippen molar-refractivity contribution in [1.82, 2.24) is 0 Å². The summed E-state index contributed by atoms with van der Waals surface area (Å²) in [5.41, 5.74) is 7.18. The van der Waals surface area contributed by atoms with Crippen LogP contribution in [0.2, 0.25) is 0 Å². The molecule has 0 aliphatic rings. The number of anilines is 1. The van der Waals surface area contributed by atoms with Gasteiger partial charge in [-0.25, -0.2) is 0 Å². The molecule has 4 nitrogen and oxygen atoms in total. The van der Waals surface area contributed by atoms with Gasteiger partial charge >= 0.3 is 0 Å². The number of nitrogens with zero attached hydrogens (tertiary/aromatic N) is 1. The third-order valence-corrected chi connectivity index (χ3v) is 1.96. The van der Waals surface area contributed by atoms with Gasteiger partial charge in [-0.3, -0.25) is 4.99 Å². The van der Waals surface area contributed by atoms with Crippen LogP contribution in [0.5, 0.6) is 5.75 Å². The Morgan fingerprint density at radius 3 is 2.73 bits per heavy atom. The van der Waals surface area contributed by atoms with E-state index in [0.717, 1.165) is 5.56 Å². The predicted molar refractivity (Wildman–Crippen MR) is 61.5 cm³/mol. The highest BCUT2D eigenvalue weighted by Crippen LogP contribution is 2.22. The molecule has 0 amide bonds. The molecule has 15 heavy (non-hydrogen) atoms. The van der Waals surface area contributed by atoms with Gasteiger partial charge in [0.25, 0.3) is 0 Å². The van der Waals surface area contributed by atoms with Crippen LogP contribution in [0.4, 0.5) is 5.69 Å². The Kier molecular flexibility index (Phi) is 3.97. The molecule has 0 aromatic heterocycles. The molecule has 0 saturated carbocycles. The van der Waals surface area contributed by atoms with Crippen molar-refractivity contribution in [2.75, 3.05) is 26.5 Å². The molecule has 1 aromatic carbocycles. The fourth-order valence-corrected chi connectivity index (χ4v) is 1.26. The van der Waals surface area contributed by atoms with Crippen molar-refractivity contribution < 1.29 is 9.47 Å². The topological polar surface area (TPSA) is 56.8 Å². The average molecular weight is 208 g/mol. The van der Waals surface area contributed by atoms with Crippen LogP contribution in [-0.2, 0) is 4.74 Å². The number of methoxy groups -OCH3 is 1. The van der Waals surface area contributed by atoms with E-state index in [0.29, 0.717) is 23.9 Å². The number of benzene rings is 1. The Morgan fingerprint density at radius 1 is 1.47 bits per heavy atom. The molecule has 0 aliphatic heterocycles. The van der Waals surface area contributed by atoms with Crippen LogP contribution in [0.25, 0.3) is 0 Å². The lowest BCUT2D eigenvalue weighted by Gasteiger charge is -2.09. The number of nitrogens with two attached hydrogens (primary N) is 1. The molecular formula is C11H16N2O2. The zero-order valence-electron chi connectivity index (χ0n) is 9.28. The number of hydrogen-bond acceptors (Lipinski definition) is 4. The molecule has 0 radical (unpaired) electrons. The van der Waals surface area contributed by atoms with Gasteiger partial charge in [-0.05, 0) is 25.1 Å². The molecule has 1 aromatic rings. The molecule has 0 aliphatic carbocycles. The van der Waals surface area contributed by atoms with Crippen molar-refractivity contribution in [2.24, 2.45) is 4.99 Å². The summed E-state index contributed by atoms with van der Waals surface area (Å²) in [6, 6.07) is 5.45. The summed E-state index contributed by atoms with van der Waals surface area (Å²) in [5, 5.41) is 0. The number of aliphatic imine (C=N–C) groups is 1. The average Bonchev–Trinajstić information content (AvgIpc) is 2.27. The smallest absolute Gasteiger partial charge is 0.215 e. The van der Waals surface area contributed by atoms with E-state index in [1.54, 1.807) is 20.2 Å². The fraction of sp³-hybridized carbons (Fsp3) is 0.364. The zero-order valence-corrected chi connectivity index (χ0v) is 9.28. The minimum atomic E-state index is 0.583. The van der Waals surface area contributed by atoms with Crippen molar-refractivity contribution in [3.8, 4) is 5.75 Å². The van der Waals surface area contributed by atoms with Crippen LogP contribution in [-0.4, -0.2) is 26.7 Å². The summed E-state index contributed by atoms with van der Waals surface area (Å²) < 4.78 is 10.5. The van der Waals surface area contributed by atoms with Crippen LogP contribution in [0.3, 0.4) is 0 Å². The highest BCUT2D eigenvalue weighted by atomic mass is 16.5. The number of hydrogen-bond donors (Lipinski definition) is 1. The van der Waals surface area contributed by atoms with Crippen molar-refractivity contribution in [1.29, 1.82) is 0 Å². The van der Waals surface area contributed by atoms with E-state index >= 15 is 0 Å². The van der Waals surface area contributed by atoms with Crippen molar-refractivity contribution in [2.45, 2.75) is 6.92 Å². The van der Waals surface area contributed by atoms with Gasteiger partial charge in [-0.2, -0.15) is 0 Å². The maximum atomic E-state index is 5.71. The normalized spacial score (nSPS) is 11.3. The first-order chi connectivity index (χ1) is 7.22. The lowest BCUT2D eigenvalue weighted by molar-refractivity contribution is 0.328. The van der Waals surface area contributed by atoms with Gasteiger partial charge in [0.1, 0.15) is 5.75 Å². The summed E-state index contributed by atoms with van der Waals surface area (Å²) in [6.07, 6.45) is 0. The standard InChI is InChI=1S/C11H16N2O2/c1-4-15-11(13-2)8-5-6-9(12)10(7-8)14-3/h5-7H,4,12H2,1-3H3. The maximum absolute atomic E-state index is 5.71. The summed E-state index contributed by atoms with van der Waals surface area (Å²) in [4.78, 5) is 4.05. The molecule has 0 spiro atoms. The Labute approximate surface area is 89.7 Å². The molecule has 0 unspecified atom stereocenters. The van der Waals surface area contributed by atoms with Gasteiger partial charge in [-0.1, -0.05) is 0 Å². The van der Waals surface area contributed by atoms with Gasteiger partial charge in [0.15, 0.2) is 0 Å². The molecule has 4 heteroatoms. The molecule has 0 heterocycles. The second-order valence-electron chi connectivity index (χ2n) is 2.92. The first kappa shape index (κ1) is 11.4. The number of rotatable bonds is 3. The Hall–Kier alpha value is -1.71. The van der Waals surface area contributed by atoms with E-state index in [-0.39, 0.29) is 0 Å². The molecule has 0 saturated heterocycles. The van der Waals surface area contributed by atoms with E-state index < -0.39 is 0 Å². The van der Waals surface area contributed by atoms with Crippen LogP contribution < -0.4 is 10.5 Å². The molecule has 0 fully saturated rings. The van der Waals surface area contributed by atoms with Gasteiger partial charge < -0.3 is 15.2 Å². The largest absolute Gasteiger partial charge is 0.495 e. The third kappa shape index (κ3) is 2.62. The summed E-state index contributed by atoms with van der Waals surface area (Å²) in [6.45, 7) is 2.50. The lowest BCUT2D eigenvalue weighted by Crippen LogP contribution is -2.07. The van der Waals surface area contributed by atoms with E-state index in [4.69, 9.17) is 15.2 Å². The third-order valence-electron chi connectivity index (χ3n) is 1.96. The van der Waals surface area contributed by atoms with Gasteiger partial charge in [-0.15, -0.1) is 0 Å². The van der Waals surface area contributed by atoms with Crippen LogP contribution >= 0.6 is 0 Å². The summed E-state index contributed by atoms with van der Waals surface area (Å²) in [7, 11) is 3.27. The first-order valence-electron chi connectivity index (χ1n) is 4.76. The molecule has 1 rings (SSSR count). The van der Waals surface area contributed by atoms with E-state index in [1.807, 2.05) is 19.1 Å². The molecule has 0 atom stereocenters. The molecule has 82 valence electrons. The van der Waals surface area contributed by atoms with E-state index in [9.17, 15) is 0 Å². The van der Waals surface area contributed by atoms with Crippen LogP contribution in [0, 0.1) is 0 Å². The molecule has 2 N–H and O–H groups in total. The SMILES string of the molecule is CCOC(=NC)c1ccc(N)c(OC)c1. The highest BCUT2D eigenvalue weighted by molar-refractivity contribution is 5.95. The van der Waals surface area contributed by atoms with Gasteiger partial charge in [0, 0.05) is 12.6 Å². The maximum Gasteiger partial charge on any atom is 0.215 e. The van der Waals surface area contributed by atoms with E-state index in [1.165, 1.54) is 0 Å². The number of ether oxygens (including phenoxy) is 2. The second kappa shape index (κ2) is 5.24. The Balaban J connectivity index is 3.04. The van der Waals surface area contributed by atoms with Crippen molar-refractivity contribution in [3.63, 3.8) is 0 Å². The molecule has 0 bridgehead atoms. The van der Waals surface area contributed by atoms with E-state index in [2.05, 4.69) is 4.99 Å². The second-order valence-corrected chi connectivity index (χ2v) is 2.92. The first-order valence-corrected chi connectivity index (χ1v) is 4.76. The minimum Gasteiger partial charge on any atom is -0.495 e. The van der Waals surface area contributed by atoms with Crippen LogP contribution in [0.15, 0.2) is 23.2 Å².